The largest absolute Gasteiger partial charge is 1.00 e. The molecule has 0 aliphatic heterocycles. The monoisotopic (exact) mass is 232 g/mol. The van der Waals surface area contributed by atoms with Crippen LogP contribution in [0.15, 0.2) is 24.3 Å². The van der Waals surface area contributed by atoms with Crippen molar-refractivity contribution in [2.75, 3.05) is 6.51 Å². The minimum absolute atomic E-state index is 0. The summed E-state index contributed by atoms with van der Waals surface area (Å²) in [5.74, 6) is -1.16. The third kappa shape index (κ3) is 5.35. The SMILES string of the molecule is Fc1ccccc1OC[B-](F)(F)F.[K+]. The number of hydrogen-bond donors (Lipinski definition) is 0. The Labute approximate surface area is 121 Å². The van der Waals surface area contributed by atoms with E-state index in [1.165, 1.54) is 12.1 Å². The van der Waals surface area contributed by atoms with Gasteiger partial charge in [0.05, 0.1) is 6.51 Å². The van der Waals surface area contributed by atoms with Gasteiger partial charge < -0.3 is 17.7 Å². The Morgan fingerprint density at radius 1 is 1.14 bits per heavy atom. The molecule has 0 amide bonds. The maximum absolute atomic E-state index is 12.7. The smallest absolute Gasteiger partial charge is 0.519 e. The fourth-order valence-corrected chi connectivity index (χ4v) is 0.746. The van der Waals surface area contributed by atoms with E-state index in [-0.39, 0.29) is 57.1 Å². The van der Waals surface area contributed by atoms with Gasteiger partial charge in [-0.15, -0.1) is 0 Å². The molecular formula is C7H6BF4KO. The molecule has 14 heavy (non-hydrogen) atoms. The van der Waals surface area contributed by atoms with Crippen LogP contribution in [0.1, 0.15) is 0 Å². The molecule has 0 spiro atoms. The second-order valence-corrected chi connectivity index (χ2v) is 2.45. The molecule has 0 radical (unpaired) electrons. The molecule has 0 aliphatic rings. The van der Waals surface area contributed by atoms with Crippen LogP contribution in [0.25, 0.3) is 0 Å². The van der Waals surface area contributed by atoms with Crippen molar-refractivity contribution in [2.45, 2.75) is 0 Å². The van der Waals surface area contributed by atoms with Crippen molar-refractivity contribution in [1.82, 2.24) is 0 Å². The van der Waals surface area contributed by atoms with Crippen molar-refractivity contribution in [3.05, 3.63) is 30.1 Å². The van der Waals surface area contributed by atoms with Crippen molar-refractivity contribution in [1.29, 1.82) is 0 Å². The topological polar surface area (TPSA) is 9.23 Å². The van der Waals surface area contributed by atoms with E-state index >= 15 is 0 Å². The van der Waals surface area contributed by atoms with E-state index in [9.17, 15) is 17.3 Å². The molecule has 0 bridgehead atoms. The Hall–Kier alpha value is 0.441. The zero-order valence-corrected chi connectivity index (χ0v) is 10.6. The van der Waals surface area contributed by atoms with Gasteiger partial charge in [-0.25, -0.2) is 4.39 Å². The minimum atomic E-state index is -5.03. The molecule has 1 nitrogen and oxygen atoms in total. The van der Waals surface area contributed by atoms with Gasteiger partial charge in [-0.2, -0.15) is 0 Å². The average molecular weight is 232 g/mol. The van der Waals surface area contributed by atoms with Crippen molar-refractivity contribution in [3.63, 3.8) is 0 Å². The number of benzene rings is 1. The molecule has 1 aromatic rings. The summed E-state index contributed by atoms with van der Waals surface area (Å²) < 4.78 is 52.0. The Kier molecular flexibility index (Phi) is 6.31. The van der Waals surface area contributed by atoms with Gasteiger partial charge in [-0.05, 0) is 12.1 Å². The van der Waals surface area contributed by atoms with Gasteiger partial charge in [0.2, 0.25) is 0 Å². The van der Waals surface area contributed by atoms with Gasteiger partial charge in [0.15, 0.2) is 11.6 Å². The maximum Gasteiger partial charge on any atom is 1.00 e. The summed E-state index contributed by atoms with van der Waals surface area (Å²) in [5.41, 5.74) is 0. The second-order valence-electron chi connectivity index (χ2n) is 2.45. The number of hydrogen-bond acceptors (Lipinski definition) is 1. The average Bonchev–Trinajstić information content (AvgIpc) is 2.01. The summed E-state index contributed by atoms with van der Waals surface area (Å²) in [6.07, 6.45) is 0. The molecule has 0 N–H and O–H groups in total. The van der Waals surface area contributed by atoms with Gasteiger partial charge in [0, 0.05) is 0 Å². The normalized spacial score (nSPS) is 10.6. The van der Waals surface area contributed by atoms with Gasteiger partial charge >= 0.3 is 58.4 Å². The van der Waals surface area contributed by atoms with Gasteiger partial charge in [0.1, 0.15) is 0 Å². The molecule has 0 unspecified atom stereocenters. The molecule has 1 rings (SSSR count). The minimum Gasteiger partial charge on any atom is -0.519 e. The zero-order chi connectivity index (χ0) is 9.90. The number of halogens is 4. The van der Waals surface area contributed by atoms with Crippen molar-refractivity contribution >= 4 is 6.98 Å². The van der Waals surface area contributed by atoms with Gasteiger partial charge in [0.25, 0.3) is 0 Å². The molecule has 72 valence electrons. The van der Waals surface area contributed by atoms with Crippen LogP contribution in [0.5, 0.6) is 5.75 Å². The Bertz CT molecular complexity index is 291. The third-order valence-electron chi connectivity index (χ3n) is 1.26. The van der Waals surface area contributed by atoms with Gasteiger partial charge in [-0.3, -0.25) is 0 Å². The Balaban J connectivity index is 0.00000169. The summed E-state index contributed by atoms with van der Waals surface area (Å²) in [5, 5.41) is 0. The summed E-state index contributed by atoms with van der Waals surface area (Å²) in [6, 6.07) is 4.97. The Morgan fingerprint density at radius 2 is 1.71 bits per heavy atom. The Morgan fingerprint density at radius 3 is 2.21 bits per heavy atom. The van der Waals surface area contributed by atoms with E-state index in [1.807, 2.05) is 0 Å². The molecule has 0 aromatic heterocycles. The van der Waals surface area contributed by atoms with Crippen LogP contribution >= 0.6 is 0 Å². The van der Waals surface area contributed by atoms with Crippen molar-refractivity contribution < 1.29 is 73.5 Å². The summed E-state index contributed by atoms with van der Waals surface area (Å²) in [4.78, 5) is 0. The molecule has 0 saturated carbocycles. The molecular weight excluding hydrogens is 226 g/mol. The van der Waals surface area contributed by atoms with Crippen LogP contribution in [0.2, 0.25) is 0 Å². The quantitative estimate of drug-likeness (QED) is 0.508. The predicted molar refractivity (Wildman–Crippen MR) is 41.0 cm³/mol. The third-order valence-corrected chi connectivity index (χ3v) is 1.26. The van der Waals surface area contributed by atoms with E-state index < -0.39 is 19.3 Å². The van der Waals surface area contributed by atoms with E-state index in [0.717, 1.165) is 12.1 Å². The van der Waals surface area contributed by atoms with Crippen LogP contribution in [-0.2, 0) is 0 Å². The van der Waals surface area contributed by atoms with Crippen molar-refractivity contribution in [2.24, 2.45) is 0 Å². The molecule has 0 atom stereocenters. The number of ether oxygens (including phenoxy) is 1. The maximum atomic E-state index is 12.7. The van der Waals surface area contributed by atoms with Crippen LogP contribution in [0.4, 0.5) is 17.3 Å². The molecule has 0 saturated heterocycles. The van der Waals surface area contributed by atoms with Crippen molar-refractivity contribution in [3.8, 4) is 5.75 Å². The van der Waals surface area contributed by atoms with E-state index in [0.29, 0.717) is 0 Å². The molecule has 0 fully saturated rings. The standard InChI is InChI=1S/C7H6BF4O.K/c9-6-3-1-2-4-7(6)13-5-8(10,11)12;/h1-4H,5H2;/q-1;+1. The summed E-state index contributed by atoms with van der Waals surface area (Å²) in [7, 11) is 0. The molecule has 1 aromatic carbocycles. The first-order valence-corrected chi connectivity index (χ1v) is 3.57. The van der Waals surface area contributed by atoms with Crippen LogP contribution in [0, 0.1) is 5.82 Å². The van der Waals surface area contributed by atoms with E-state index in [4.69, 9.17) is 0 Å². The van der Waals surface area contributed by atoms with E-state index in [2.05, 4.69) is 4.74 Å². The first-order valence-electron chi connectivity index (χ1n) is 3.57. The zero-order valence-electron chi connectivity index (χ0n) is 7.51. The van der Waals surface area contributed by atoms with Crippen LogP contribution in [-0.4, -0.2) is 13.5 Å². The summed E-state index contributed by atoms with van der Waals surface area (Å²) >= 11 is 0. The van der Waals surface area contributed by atoms with Crippen LogP contribution in [0.3, 0.4) is 0 Å². The molecule has 0 aliphatic carbocycles. The van der Waals surface area contributed by atoms with Crippen LogP contribution < -0.4 is 56.1 Å². The molecule has 0 heterocycles. The fraction of sp³-hybridized carbons (Fsp3) is 0.143. The van der Waals surface area contributed by atoms with E-state index in [1.54, 1.807) is 0 Å². The first-order chi connectivity index (χ1) is 5.99. The second kappa shape index (κ2) is 6.12. The molecule has 7 heteroatoms. The number of rotatable bonds is 3. The number of para-hydroxylation sites is 1. The van der Waals surface area contributed by atoms with Gasteiger partial charge in [-0.1, -0.05) is 12.1 Å². The predicted octanol–water partition coefficient (Wildman–Crippen LogP) is -0.405. The fourth-order valence-electron chi connectivity index (χ4n) is 0.746. The first kappa shape index (κ1) is 14.4. The summed E-state index contributed by atoms with van der Waals surface area (Å²) in [6.45, 7) is -6.45.